The zero-order valence-corrected chi connectivity index (χ0v) is 13.4. The summed E-state index contributed by atoms with van der Waals surface area (Å²) in [5.74, 6) is 0. The standard InChI is InChI=1S/C13H15ClN2O2S2/c1-8-6-10(14)11(15)7-13(8)20(17,18)16-9(2)12-4-3-5-19-12/h3-7,9,16H,15H2,1-2H3. The maximum Gasteiger partial charge on any atom is 0.241 e. The van der Waals surface area contributed by atoms with Crippen molar-refractivity contribution in [2.75, 3.05) is 5.73 Å². The fraction of sp³-hybridized carbons (Fsp3) is 0.231. The molecule has 1 aromatic heterocycles. The van der Waals surface area contributed by atoms with Crippen LogP contribution in [0.3, 0.4) is 0 Å². The number of anilines is 1. The van der Waals surface area contributed by atoms with Crippen molar-refractivity contribution in [3.05, 3.63) is 45.1 Å². The number of nitrogens with one attached hydrogen (secondary N) is 1. The van der Waals surface area contributed by atoms with E-state index in [-0.39, 0.29) is 16.6 Å². The molecule has 0 radical (unpaired) electrons. The van der Waals surface area contributed by atoms with Gasteiger partial charge in [-0.05, 0) is 43.0 Å². The minimum absolute atomic E-state index is 0.155. The predicted octanol–water partition coefficient (Wildman–Crippen LogP) is 3.33. The van der Waals surface area contributed by atoms with Crippen molar-refractivity contribution >= 4 is 38.6 Å². The lowest BCUT2D eigenvalue weighted by molar-refractivity contribution is 0.568. The number of hydrogen-bond donors (Lipinski definition) is 2. The molecule has 1 aromatic carbocycles. The highest BCUT2D eigenvalue weighted by atomic mass is 35.5. The Bertz CT molecular complexity index is 712. The molecule has 0 amide bonds. The topological polar surface area (TPSA) is 72.2 Å². The van der Waals surface area contributed by atoms with Crippen molar-refractivity contribution in [3.8, 4) is 0 Å². The molecule has 4 nitrogen and oxygen atoms in total. The minimum Gasteiger partial charge on any atom is -0.397 e. The molecule has 1 atom stereocenters. The van der Waals surface area contributed by atoms with E-state index >= 15 is 0 Å². The highest BCUT2D eigenvalue weighted by Crippen LogP contribution is 2.27. The van der Waals surface area contributed by atoms with Crippen LogP contribution < -0.4 is 10.5 Å². The van der Waals surface area contributed by atoms with E-state index in [9.17, 15) is 8.42 Å². The van der Waals surface area contributed by atoms with Gasteiger partial charge < -0.3 is 5.73 Å². The van der Waals surface area contributed by atoms with Crippen LogP contribution in [0.5, 0.6) is 0 Å². The second-order valence-electron chi connectivity index (χ2n) is 4.50. The Kier molecular flexibility index (Phi) is 4.39. The number of benzene rings is 1. The van der Waals surface area contributed by atoms with Crippen molar-refractivity contribution in [3.63, 3.8) is 0 Å². The first-order chi connectivity index (χ1) is 9.31. The van der Waals surface area contributed by atoms with Gasteiger partial charge in [-0.3, -0.25) is 0 Å². The van der Waals surface area contributed by atoms with Gasteiger partial charge in [0.2, 0.25) is 10.0 Å². The lowest BCUT2D eigenvalue weighted by Gasteiger charge is -2.15. The predicted molar refractivity (Wildman–Crippen MR) is 83.7 cm³/mol. The quantitative estimate of drug-likeness (QED) is 0.844. The van der Waals surface area contributed by atoms with Crippen molar-refractivity contribution in [2.24, 2.45) is 0 Å². The largest absolute Gasteiger partial charge is 0.397 e. The van der Waals surface area contributed by atoms with E-state index in [2.05, 4.69) is 4.72 Å². The molecule has 1 heterocycles. The van der Waals surface area contributed by atoms with E-state index in [1.54, 1.807) is 19.9 Å². The zero-order valence-electron chi connectivity index (χ0n) is 11.1. The van der Waals surface area contributed by atoms with Crippen LogP contribution >= 0.6 is 22.9 Å². The second-order valence-corrected chi connectivity index (χ2v) is 7.57. The van der Waals surface area contributed by atoms with Gasteiger partial charge in [-0.1, -0.05) is 17.7 Å². The number of halogens is 1. The molecule has 0 aliphatic heterocycles. The van der Waals surface area contributed by atoms with Gasteiger partial charge in [0.15, 0.2) is 0 Å². The van der Waals surface area contributed by atoms with Crippen LogP contribution in [0.25, 0.3) is 0 Å². The summed E-state index contributed by atoms with van der Waals surface area (Å²) in [4.78, 5) is 1.11. The number of thiophene rings is 1. The molecule has 0 aliphatic rings. The van der Waals surface area contributed by atoms with Gasteiger partial charge in [0.05, 0.1) is 21.6 Å². The number of aryl methyl sites for hydroxylation is 1. The van der Waals surface area contributed by atoms with Gasteiger partial charge in [-0.15, -0.1) is 11.3 Å². The maximum atomic E-state index is 12.4. The van der Waals surface area contributed by atoms with Crippen molar-refractivity contribution in [2.45, 2.75) is 24.8 Å². The van der Waals surface area contributed by atoms with Crippen LogP contribution in [0.2, 0.25) is 5.02 Å². The number of hydrogen-bond acceptors (Lipinski definition) is 4. The number of rotatable bonds is 4. The Balaban J connectivity index is 2.34. The molecule has 20 heavy (non-hydrogen) atoms. The Morgan fingerprint density at radius 2 is 2.10 bits per heavy atom. The van der Waals surface area contributed by atoms with Crippen LogP contribution in [0.15, 0.2) is 34.5 Å². The summed E-state index contributed by atoms with van der Waals surface area (Å²) in [6.07, 6.45) is 0. The molecule has 2 aromatic rings. The first-order valence-electron chi connectivity index (χ1n) is 5.92. The average molecular weight is 331 g/mol. The first kappa shape index (κ1) is 15.3. The SMILES string of the molecule is Cc1cc(Cl)c(N)cc1S(=O)(=O)NC(C)c1cccs1. The third-order valence-electron chi connectivity index (χ3n) is 2.89. The lowest BCUT2D eigenvalue weighted by Crippen LogP contribution is -2.27. The maximum absolute atomic E-state index is 12.4. The molecule has 0 spiro atoms. The van der Waals surface area contributed by atoms with Crippen molar-refractivity contribution < 1.29 is 8.42 Å². The van der Waals surface area contributed by atoms with E-state index in [4.69, 9.17) is 17.3 Å². The molecule has 108 valence electrons. The fourth-order valence-corrected chi connectivity index (χ4v) is 4.36. The highest BCUT2D eigenvalue weighted by molar-refractivity contribution is 7.89. The molecular formula is C13H15ClN2O2S2. The van der Waals surface area contributed by atoms with Crippen LogP contribution in [0, 0.1) is 6.92 Å². The zero-order chi connectivity index (χ0) is 14.9. The fourth-order valence-electron chi connectivity index (χ4n) is 1.85. The summed E-state index contributed by atoms with van der Waals surface area (Å²) >= 11 is 7.39. The van der Waals surface area contributed by atoms with Gasteiger partial charge >= 0.3 is 0 Å². The molecule has 3 N–H and O–H groups in total. The summed E-state index contributed by atoms with van der Waals surface area (Å²) in [6.45, 7) is 3.49. The van der Waals surface area contributed by atoms with Gasteiger partial charge in [-0.2, -0.15) is 0 Å². The highest BCUT2D eigenvalue weighted by Gasteiger charge is 2.21. The Labute approximate surface area is 127 Å². The van der Waals surface area contributed by atoms with Crippen LogP contribution in [-0.4, -0.2) is 8.42 Å². The van der Waals surface area contributed by atoms with E-state index in [0.717, 1.165) is 4.88 Å². The smallest absolute Gasteiger partial charge is 0.241 e. The average Bonchev–Trinajstić information content (AvgIpc) is 2.86. The molecule has 7 heteroatoms. The summed E-state index contributed by atoms with van der Waals surface area (Å²) in [7, 11) is -3.64. The Hall–Kier alpha value is -1.08. The van der Waals surface area contributed by atoms with E-state index in [0.29, 0.717) is 10.6 Å². The molecule has 1 unspecified atom stereocenters. The summed E-state index contributed by atoms with van der Waals surface area (Å²) in [5.41, 5.74) is 6.51. The molecule has 0 bridgehead atoms. The van der Waals surface area contributed by atoms with Crippen LogP contribution in [0.4, 0.5) is 5.69 Å². The Morgan fingerprint density at radius 1 is 1.40 bits per heavy atom. The number of nitrogen functional groups attached to an aromatic ring is 1. The van der Waals surface area contributed by atoms with E-state index in [1.165, 1.54) is 17.4 Å². The molecule has 0 fully saturated rings. The van der Waals surface area contributed by atoms with Crippen LogP contribution in [0.1, 0.15) is 23.4 Å². The monoisotopic (exact) mass is 330 g/mol. The first-order valence-corrected chi connectivity index (χ1v) is 8.66. The van der Waals surface area contributed by atoms with Crippen molar-refractivity contribution in [1.82, 2.24) is 4.72 Å². The van der Waals surface area contributed by atoms with Crippen LogP contribution in [-0.2, 0) is 10.0 Å². The normalized spacial score (nSPS) is 13.3. The lowest BCUT2D eigenvalue weighted by atomic mass is 10.2. The van der Waals surface area contributed by atoms with Gasteiger partial charge in [0.25, 0.3) is 0 Å². The third-order valence-corrected chi connectivity index (χ3v) is 5.95. The number of nitrogens with two attached hydrogens (primary N) is 1. The Morgan fingerprint density at radius 3 is 2.70 bits per heavy atom. The second kappa shape index (κ2) is 5.73. The van der Waals surface area contributed by atoms with Gasteiger partial charge in [-0.25, -0.2) is 13.1 Å². The third kappa shape index (κ3) is 3.15. The van der Waals surface area contributed by atoms with Gasteiger partial charge in [0, 0.05) is 4.88 Å². The summed E-state index contributed by atoms with van der Waals surface area (Å²) in [5, 5.41) is 2.26. The molecule has 0 aliphatic carbocycles. The molecular weight excluding hydrogens is 316 g/mol. The number of sulfonamides is 1. The molecule has 2 rings (SSSR count). The van der Waals surface area contributed by atoms with E-state index < -0.39 is 10.0 Å². The molecule has 0 saturated heterocycles. The van der Waals surface area contributed by atoms with Gasteiger partial charge in [0.1, 0.15) is 0 Å². The molecule has 0 saturated carbocycles. The minimum atomic E-state index is -3.64. The van der Waals surface area contributed by atoms with Crippen molar-refractivity contribution in [1.29, 1.82) is 0 Å². The summed E-state index contributed by atoms with van der Waals surface area (Å²) in [6, 6.07) is 6.43. The summed E-state index contributed by atoms with van der Waals surface area (Å²) < 4.78 is 27.5. The van der Waals surface area contributed by atoms with E-state index in [1.807, 2.05) is 17.5 Å².